The monoisotopic (exact) mass is 539 g/mol. The van der Waals surface area contributed by atoms with Gasteiger partial charge in [-0.2, -0.15) is 23.4 Å². The number of carbonyl (C=O) groups is 2. The number of primary amides is 1. The summed E-state index contributed by atoms with van der Waals surface area (Å²) in [5, 5.41) is 11.8. The molecule has 0 radical (unpaired) electrons. The molecule has 4 aromatic rings. The number of alkyl halides is 3. The summed E-state index contributed by atoms with van der Waals surface area (Å²) in [5.74, 6) is -1.39. The summed E-state index contributed by atoms with van der Waals surface area (Å²) in [6.07, 6.45) is -3.35. The van der Waals surface area contributed by atoms with Gasteiger partial charge in [-0.15, -0.1) is 11.3 Å². The molecule has 4 heterocycles. The van der Waals surface area contributed by atoms with Crippen LogP contribution in [0, 0.1) is 20.8 Å². The number of nitrogens with two attached hydrogens (primary N) is 1. The van der Waals surface area contributed by atoms with E-state index in [2.05, 4.69) is 20.5 Å². The number of halogens is 4. The topological polar surface area (TPSA) is 121 Å². The Labute approximate surface area is 212 Å². The molecule has 190 valence electrons. The number of carbonyl (C=O) groups excluding carboxylic acids is 2. The molecule has 0 aliphatic rings. The molecule has 2 amide bonds. The normalized spacial score (nSPS) is 11.9. The number of thiophene rings is 1. The largest absolute Gasteiger partial charge is 0.433 e. The van der Waals surface area contributed by atoms with Crippen molar-refractivity contribution in [1.29, 1.82) is 0 Å². The minimum absolute atomic E-state index is 0.0124. The highest BCUT2D eigenvalue weighted by Gasteiger charge is 2.35. The number of hydrogen-bond acceptors (Lipinski definition) is 6. The Hall–Kier alpha value is -3.45. The van der Waals surface area contributed by atoms with Crippen LogP contribution in [-0.2, 0) is 24.6 Å². The predicted molar refractivity (Wildman–Crippen MR) is 130 cm³/mol. The maximum absolute atomic E-state index is 13.7. The molecule has 0 aromatic carbocycles. The van der Waals surface area contributed by atoms with Gasteiger partial charge in [0.25, 0.3) is 5.91 Å². The highest BCUT2D eigenvalue weighted by Crippen LogP contribution is 2.44. The average molecular weight is 540 g/mol. The number of rotatable bonds is 6. The van der Waals surface area contributed by atoms with Gasteiger partial charge >= 0.3 is 6.18 Å². The molecule has 0 aliphatic carbocycles. The number of aryl methyl sites for hydroxylation is 3. The van der Waals surface area contributed by atoms with Gasteiger partial charge in [0.1, 0.15) is 15.4 Å². The lowest BCUT2D eigenvalue weighted by atomic mass is 10.0. The van der Waals surface area contributed by atoms with Crippen LogP contribution in [-0.4, -0.2) is 36.4 Å². The predicted octanol–water partition coefficient (Wildman–Crippen LogP) is 4.62. The van der Waals surface area contributed by atoms with Crippen molar-refractivity contribution in [2.75, 3.05) is 5.32 Å². The number of nitrogens with one attached hydrogen (secondary N) is 1. The molecule has 9 nitrogen and oxygen atoms in total. The van der Waals surface area contributed by atoms with Crippen LogP contribution in [0.25, 0.3) is 21.3 Å². The van der Waals surface area contributed by atoms with Gasteiger partial charge in [-0.1, -0.05) is 11.6 Å². The van der Waals surface area contributed by atoms with E-state index in [0.717, 1.165) is 6.07 Å². The Bertz CT molecular complexity index is 1520. The van der Waals surface area contributed by atoms with Gasteiger partial charge in [0.2, 0.25) is 5.91 Å². The van der Waals surface area contributed by atoms with E-state index in [1.807, 2.05) is 0 Å². The Morgan fingerprint density at radius 3 is 2.42 bits per heavy atom. The van der Waals surface area contributed by atoms with Crippen molar-refractivity contribution in [3.8, 4) is 11.1 Å². The number of amides is 2. The Morgan fingerprint density at radius 2 is 1.89 bits per heavy atom. The number of fused-ring (bicyclic) bond motifs is 1. The van der Waals surface area contributed by atoms with Gasteiger partial charge in [0.05, 0.1) is 34.8 Å². The first-order valence-electron chi connectivity index (χ1n) is 10.6. The number of hydrogen-bond donors (Lipinski definition) is 2. The average Bonchev–Trinajstić information content (AvgIpc) is 3.41. The highest BCUT2D eigenvalue weighted by molar-refractivity contribution is 7.21. The summed E-state index contributed by atoms with van der Waals surface area (Å²) < 4.78 is 44.1. The summed E-state index contributed by atoms with van der Waals surface area (Å²) in [6, 6.07) is 0.886. The van der Waals surface area contributed by atoms with Crippen LogP contribution in [0.15, 0.2) is 12.3 Å². The van der Waals surface area contributed by atoms with Crippen molar-refractivity contribution in [2.24, 2.45) is 12.8 Å². The van der Waals surface area contributed by atoms with Gasteiger partial charge in [0.15, 0.2) is 0 Å². The van der Waals surface area contributed by atoms with Crippen molar-refractivity contribution < 1.29 is 22.8 Å². The second-order valence-corrected chi connectivity index (χ2v) is 9.55. The standard InChI is InChI=1S/C22H21ClF3N7O2S/c1-9-17(23)11(3)33(31-9)6-5-15(34)30-18-16-12(13-8-28-32(4)10(13)2)7-14(22(24,25)26)29-21(16)36-19(18)20(27)35/h7-8H,5-6H2,1-4H3,(H2,27,35)(H,30,34). The second kappa shape index (κ2) is 9.21. The lowest BCUT2D eigenvalue weighted by Gasteiger charge is -2.12. The molecule has 14 heteroatoms. The fourth-order valence-electron chi connectivity index (χ4n) is 3.81. The molecular formula is C22H21ClF3N7O2S. The Kier molecular flexibility index (Phi) is 6.56. The smallest absolute Gasteiger partial charge is 0.365 e. The van der Waals surface area contributed by atoms with E-state index in [-0.39, 0.29) is 39.3 Å². The van der Waals surface area contributed by atoms with E-state index in [4.69, 9.17) is 17.3 Å². The van der Waals surface area contributed by atoms with Gasteiger partial charge in [-0.05, 0) is 32.4 Å². The van der Waals surface area contributed by atoms with Crippen molar-refractivity contribution >= 4 is 50.7 Å². The molecule has 0 fully saturated rings. The molecule has 4 aromatic heterocycles. The van der Waals surface area contributed by atoms with Crippen LogP contribution in [0.4, 0.5) is 18.9 Å². The molecule has 0 unspecified atom stereocenters. The number of aromatic nitrogens is 5. The summed E-state index contributed by atoms with van der Waals surface area (Å²) in [6.45, 7) is 5.40. The summed E-state index contributed by atoms with van der Waals surface area (Å²) in [7, 11) is 1.65. The van der Waals surface area contributed by atoms with Gasteiger partial charge in [-0.25, -0.2) is 4.98 Å². The number of nitrogens with zero attached hydrogens (tertiary/aromatic N) is 5. The van der Waals surface area contributed by atoms with Crippen LogP contribution in [0.3, 0.4) is 0 Å². The molecule has 0 spiro atoms. The first-order chi connectivity index (χ1) is 16.8. The molecule has 0 saturated heterocycles. The summed E-state index contributed by atoms with van der Waals surface area (Å²) >= 11 is 6.84. The first-order valence-corrected chi connectivity index (χ1v) is 11.8. The van der Waals surface area contributed by atoms with Crippen molar-refractivity contribution in [3.05, 3.63) is 44.9 Å². The van der Waals surface area contributed by atoms with E-state index >= 15 is 0 Å². The molecule has 0 aliphatic heterocycles. The van der Waals surface area contributed by atoms with Crippen molar-refractivity contribution in [1.82, 2.24) is 24.5 Å². The second-order valence-electron chi connectivity index (χ2n) is 8.18. The highest BCUT2D eigenvalue weighted by atomic mass is 35.5. The summed E-state index contributed by atoms with van der Waals surface area (Å²) in [5.41, 5.74) is 6.84. The van der Waals surface area contributed by atoms with Crippen molar-refractivity contribution in [3.63, 3.8) is 0 Å². The molecule has 0 saturated carbocycles. The SMILES string of the molecule is Cc1nn(CCC(=O)Nc2c(C(N)=O)sc3nc(C(F)(F)F)cc(-c4cnn(C)c4C)c23)c(C)c1Cl. The maximum Gasteiger partial charge on any atom is 0.433 e. The lowest BCUT2D eigenvalue weighted by molar-refractivity contribution is -0.140. The molecule has 0 bridgehead atoms. The van der Waals surface area contributed by atoms with Crippen LogP contribution >= 0.6 is 22.9 Å². The van der Waals surface area contributed by atoms with Crippen molar-refractivity contribution in [2.45, 2.75) is 39.9 Å². The van der Waals surface area contributed by atoms with Gasteiger partial charge < -0.3 is 11.1 Å². The zero-order valence-corrected chi connectivity index (χ0v) is 21.2. The van der Waals surface area contributed by atoms with E-state index in [1.165, 1.54) is 10.9 Å². The molecule has 0 atom stereocenters. The molecule has 4 rings (SSSR count). The third-order valence-corrected chi connectivity index (χ3v) is 7.46. The molecule has 3 N–H and O–H groups in total. The first kappa shape index (κ1) is 25.6. The fraction of sp³-hybridized carbons (Fsp3) is 0.318. The zero-order chi connectivity index (χ0) is 26.5. The van der Waals surface area contributed by atoms with Crippen LogP contribution in [0.5, 0.6) is 0 Å². The maximum atomic E-state index is 13.7. The Morgan fingerprint density at radius 1 is 1.19 bits per heavy atom. The number of anilines is 1. The summed E-state index contributed by atoms with van der Waals surface area (Å²) in [4.78, 5) is 28.7. The third-order valence-electron chi connectivity index (χ3n) is 5.81. The van der Waals surface area contributed by atoms with E-state index < -0.39 is 23.7 Å². The number of pyridine rings is 1. The van der Waals surface area contributed by atoms with E-state index in [1.54, 1.807) is 32.5 Å². The minimum Gasteiger partial charge on any atom is -0.365 e. The fourth-order valence-corrected chi connectivity index (χ4v) is 4.96. The van der Waals surface area contributed by atoms with E-state index in [0.29, 0.717) is 39.0 Å². The lowest BCUT2D eigenvalue weighted by Crippen LogP contribution is -2.18. The quantitative estimate of drug-likeness (QED) is 0.370. The van der Waals surface area contributed by atoms with E-state index in [9.17, 15) is 22.8 Å². The molecular weight excluding hydrogens is 519 g/mol. The van der Waals surface area contributed by atoms with Gasteiger partial charge in [-0.3, -0.25) is 19.0 Å². The van der Waals surface area contributed by atoms with Crippen LogP contribution < -0.4 is 11.1 Å². The minimum atomic E-state index is -4.74. The molecule has 36 heavy (non-hydrogen) atoms. The van der Waals surface area contributed by atoms with Gasteiger partial charge in [0, 0.05) is 30.1 Å². The Balaban J connectivity index is 1.82. The zero-order valence-electron chi connectivity index (χ0n) is 19.6. The van der Waals surface area contributed by atoms with Crippen LogP contribution in [0.1, 0.15) is 38.9 Å². The third kappa shape index (κ3) is 4.55. The van der Waals surface area contributed by atoms with Crippen LogP contribution in [0.2, 0.25) is 5.02 Å².